The lowest BCUT2D eigenvalue weighted by molar-refractivity contribution is 0.962. The van der Waals surface area contributed by atoms with Gasteiger partial charge in [-0.15, -0.1) is 6.58 Å². The zero-order valence-electron chi connectivity index (χ0n) is 6.70. The number of nitrogens with zero attached hydrogens (tertiary/aromatic N) is 3. The van der Waals surface area contributed by atoms with E-state index in [-0.39, 0.29) is 5.15 Å². The Hall–Kier alpha value is -1.05. The maximum absolute atomic E-state index is 8.55. The van der Waals surface area contributed by atoms with Crippen molar-refractivity contribution < 1.29 is 0 Å². The Labute approximate surface area is 85.5 Å². The van der Waals surface area contributed by atoms with Crippen LogP contribution < -0.4 is 0 Å². The first-order chi connectivity index (χ1) is 6.27. The lowest BCUT2D eigenvalue weighted by atomic mass is 10.4. The van der Waals surface area contributed by atoms with Crippen molar-refractivity contribution in [1.29, 1.82) is 5.26 Å². The van der Waals surface area contributed by atoms with Gasteiger partial charge in [0.25, 0.3) is 0 Å². The second-order valence-electron chi connectivity index (χ2n) is 2.07. The lowest BCUT2D eigenvalue weighted by Crippen LogP contribution is -1.90. The Morgan fingerprint density at radius 1 is 1.77 bits per heavy atom. The molecular formula is C8H6ClN3S. The van der Waals surface area contributed by atoms with Gasteiger partial charge in [0.15, 0.2) is 10.3 Å². The van der Waals surface area contributed by atoms with E-state index in [0.717, 1.165) is 5.75 Å². The minimum absolute atomic E-state index is 0.198. The topological polar surface area (TPSA) is 49.6 Å². The Morgan fingerprint density at radius 2 is 2.54 bits per heavy atom. The molecule has 0 unspecified atom stereocenters. The summed E-state index contributed by atoms with van der Waals surface area (Å²) < 4.78 is 0. The van der Waals surface area contributed by atoms with Gasteiger partial charge in [0.2, 0.25) is 0 Å². The summed E-state index contributed by atoms with van der Waals surface area (Å²) in [4.78, 5) is 7.87. The molecule has 0 aromatic carbocycles. The highest BCUT2D eigenvalue weighted by molar-refractivity contribution is 7.99. The number of hydrogen-bond donors (Lipinski definition) is 0. The summed E-state index contributed by atoms with van der Waals surface area (Å²) in [5, 5.41) is 9.31. The van der Waals surface area contributed by atoms with E-state index >= 15 is 0 Å². The van der Waals surface area contributed by atoms with Gasteiger partial charge in [0.05, 0.1) is 6.20 Å². The molecule has 0 radical (unpaired) electrons. The normalized spacial score (nSPS) is 9.23. The molecule has 13 heavy (non-hydrogen) atoms. The molecule has 3 nitrogen and oxygen atoms in total. The number of rotatable bonds is 3. The van der Waals surface area contributed by atoms with Gasteiger partial charge in [-0.1, -0.05) is 29.4 Å². The van der Waals surface area contributed by atoms with Crippen LogP contribution in [0.4, 0.5) is 0 Å². The number of nitriles is 1. The van der Waals surface area contributed by atoms with Crippen LogP contribution in [0.2, 0.25) is 5.15 Å². The molecule has 66 valence electrons. The average molecular weight is 212 g/mol. The molecule has 0 amide bonds. The molecule has 1 heterocycles. The van der Waals surface area contributed by atoms with Crippen molar-refractivity contribution in [3.63, 3.8) is 0 Å². The lowest BCUT2D eigenvalue weighted by Gasteiger charge is -1.97. The highest BCUT2D eigenvalue weighted by atomic mass is 35.5. The highest BCUT2D eigenvalue weighted by Gasteiger charge is 2.03. The predicted octanol–water partition coefficient (Wildman–Crippen LogP) is 2.28. The fourth-order valence-corrected chi connectivity index (χ4v) is 1.40. The van der Waals surface area contributed by atoms with Crippen LogP contribution >= 0.6 is 23.4 Å². The molecule has 0 bridgehead atoms. The minimum Gasteiger partial charge on any atom is -0.230 e. The number of thioether (sulfide) groups is 1. The second kappa shape index (κ2) is 4.85. The van der Waals surface area contributed by atoms with Crippen LogP contribution in [-0.4, -0.2) is 15.7 Å². The van der Waals surface area contributed by atoms with Gasteiger partial charge in [-0.2, -0.15) is 5.26 Å². The maximum Gasteiger partial charge on any atom is 0.189 e. The Morgan fingerprint density at radius 3 is 3.08 bits per heavy atom. The first kappa shape index (κ1) is 10.0. The summed E-state index contributed by atoms with van der Waals surface area (Å²) in [6.45, 7) is 3.57. The molecule has 0 fully saturated rings. The van der Waals surface area contributed by atoms with Gasteiger partial charge in [0, 0.05) is 5.75 Å². The average Bonchev–Trinajstić information content (AvgIpc) is 2.15. The van der Waals surface area contributed by atoms with Crippen molar-refractivity contribution >= 4 is 23.4 Å². The Kier molecular flexibility index (Phi) is 3.74. The van der Waals surface area contributed by atoms with Gasteiger partial charge < -0.3 is 0 Å². The van der Waals surface area contributed by atoms with Crippen LogP contribution in [0.1, 0.15) is 5.56 Å². The van der Waals surface area contributed by atoms with Gasteiger partial charge >= 0.3 is 0 Å². The summed E-state index contributed by atoms with van der Waals surface area (Å²) in [6.07, 6.45) is 3.17. The van der Waals surface area contributed by atoms with E-state index in [0.29, 0.717) is 10.7 Å². The highest BCUT2D eigenvalue weighted by Crippen LogP contribution is 2.17. The smallest absolute Gasteiger partial charge is 0.189 e. The predicted molar refractivity (Wildman–Crippen MR) is 52.7 cm³/mol. The monoisotopic (exact) mass is 211 g/mol. The zero-order valence-corrected chi connectivity index (χ0v) is 8.27. The second-order valence-corrected chi connectivity index (χ2v) is 3.41. The Balaban J connectivity index is 2.84. The molecule has 0 aliphatic rings. The van der Waals surface area contributed by atoms with Crippen molar-refractivity contribution in [2.24, 2.45) is 0 Å². The van der Waals surface area contributed by atoms with Crippen LogP contribution in [0.25, 0.3) is 0 Å². The summed E-state index contributed by atoms with van der Waals surface area (Å²) in [5.41, 5.74) is 0.296. The number of aromatic nitrogens is 2. The molecule has 1 aromatic rings. The standard InChI is InChI=1S/C8H6ClN3S/c1-2-3-13-8-11-5-6(4-10)7(9)12-8/h2,5H,1,3H2. The molecule has 0 aliphatic carbocycles. The molecule has 5 heteroatoms. The molecule has 1 rings (SSSR count). The van der Waals surface area contributed by atoms with E-state index in [9.17, 15) is 0 Å². The SMILES string of the molecule is C=CCSc1ncc(C#N)c(Cl)n1. The third kappa shape index (κ3) is 2.72. The van der Waals surface area contributed by atoms with Crippen LogP contribution in [0.15, 0.2) is 24.0 Å². The summed E-state index contributed by atoms with van der Waals surface area (Å²) in [7, 11) is 0. The maximum atomic E-state index is 8.55. The van der Waals surface area contributed by atoms with E-state index in [1.807, 2.05) is 6.07 Å². The van der Waals surface area contributed by atoms with Crippen molar-refractivity contribution in [3.8, 4) is 6.07 Å². The van der Waals surface area contributed by atoms with Crippen LogP contribution in [0.3, 0.4) is 0 Å². The first-order valence-electron chi connectivity index (χ1n) is 3.44. The largest absolute Gasteiger partial charge is 0.230 e. The molecule has 0 N–H and O–H groups in total. The van der Waals surface area contributed by atoms with E-state index in [1.54, 1.807) is 6.08 Å². The van der Waals surface area contributed by atoms with Gasteiger partial charge in [-0.25, -0.2) is 9.97 Å². The number of halogens is 1. The molecule has 0 atom stereocenters. The van der Waals surface area contributed by atoms with Gasteiger partial charge in [0.1, 0.15) is 11.6 Å². The van der Waals surface area contributed by atoms with Gasteiger partial charge in [-0.3, -0.25) is 0 Å². The summed E-state index contributed by atoms with van der Waals surface area (Å²) >= 11 is 7.12. The van der Waals surface area contributed by atoms with E-state index < -0.39 is 0 Å². The molecule has 0 saturated heterocycles. The third-order valence-electron chi connectivity index (χ3n) is 1.17. The number of hydrogen-bond acceptors (Lipinski definition) is 4. The molecule has 0 aliphatic heterocycles. The molecule has 0 spiro atoms. The van der Waals surface area contributed by atoms with E-state index in [2.05, 4.69) is 16.5 Å². The van der Waals surface area contributed by atoms with Crippen LogP contribution in [0, 0.1) is 11.3 Å². The van der Waals surface area contributed by atoms with E-state index in [1.165, 1.54) is 18.0 Å². The fourth-order valence-electron chi connectivity index (χ4n) is 0.624. The van der Waals surface area contributed by atoms with E-state index in [4.69, 9.17) is 16.9 Å². The van der Waals surface area contributed by atoms with Gasteiger partial charge in [-0.05, 0) is 0 Å². The molecule has 0 saturated carbocycles. The summed E-state index contributed by atoms with van der Waals surface area (Å²) in [6, 6.07) is 1.89. The summed E-state index contributed by atoms with van der Waals surface area (Å²) in [5.74, 6) is 0.724. The zero-order chi connectivity index (χ0) is 9.68. The van der Waals surface area contributed by atoms with Crippen molar-refractivity contribution in [2.45, 2.75) is 5.16 Å². The third-order valence-corrected chi connectivity index (χ3v) is 2.32. The minimum atomic E-state index is 0.198. The van der Waals surface area contributed by atoms with Crippen molar-refractivity contribution in [3.05, 3.63) is 29.6 Å². The first-order valence-corrected chi connectivity index (χ1v) is 4.80. The van der Waals surface area contributed by atoms with Crippen LogP contribution in [0.5, 0.6) is 0 Å². The fraction of sp³-hybridized carbons (Fsp3) is 0.125. The van der Waals surface area contributed by atoms with Crippen molar-refractivity contribution in [2.75, 3.05) is 5.75 Å². The molecular weight excluding hydrogens is 206 g/mol. The molecule has 1 aromatic heterocycles. The quantitative estimate of drug-likeness (QED) is 0.333. The van der Waals surface area contributed by atoms with Crippen LogP contribution in [-0.2, 0) is 0 Å². The Bertz CT molecular complexity index is 359. The van der Waals surface area contributed by atoms with Crippen molar-refractivity contribution in [1.82, 2.24) is 9.97 Å².